The first-order chi connectivity index (χ1) is 10.9. The van der Waals surface area contributed by atoms with Crippen molar-refractivity contribution < 1.29 is 9.53 Å². The van der Waals surface area contributed by atoms with Gasteiger partial charge in [0, 0.05) is 5.56 Å². The van der Waals surface area contributed by atoms with Crippen LogP contribution in [0.1, 0.15) is 47.8 Å². The number of rotatable bonds is 5. The minimum Gasteiger partial charge on any atom is -0.369 e. The van der Waals surface area contributed by atoms with E-state index >= 15 is 0 Å². The minimum atomic E-state index is -0.0757. The van der Waals surface area contributed by atoms with E-state index < -0.39 is 0 Å². The fourth-order valence-electron chi connectivity index (χ4n) is 2.40. The lowest BCUT2D eigenvalue weighted by Crippen LogP contribution is -2.14. The molecule has 0 bridgehead atoms. The Hall–Kier alpha value is -2.44. The molecule has 2 aromatic rings. The summed E-state index contributed by atoms with van der Waals surface area (Å²) in [6, 6.07) is 17.1. The van der Waals surface area contributed by atoms with Crippen LogP contribution in [0.2, 0.25) is 0 Å². The van der Waals surface area contributed by atoms with Crippen molar-refractivity contribution in [1.29, 1.82) is 5.26 Å². The molecule has 0 spiro atoms. The first-order valence-corrected chi connectivity index (χ1v) is 7.61. The molecule has 118 valence electrons. The van der Waals surface area contributed by atoms with E-state index in [9.17, 15) is 10.1 Å². The Labute approximate surface area is 137 Å². The second kappa shape index (κ2) is 7.21. The zero-order valence-electron chi connectivity index (χ0n) is 13.8. The van der Waals surface area contributed by atoms with E-state index in [1.807, 2.05) is 36.4 Å². The lowest BCUT2D eigenvalue weighted by molar-refractivity contribution is 0.0726. The second-order valence-corrected chi connectivity index (χ2v) is 6.52. The lowest BCUT2D eigenvalue weighted by atomic mass is 9.83. The standard InChI is InChI=1S/C20H21NO2/c1-20(2,3)18-10-9-15(11-17(18)12-21)13-23-14-19(22)16-7-5-4-6-8-16/h4-11H,13-14H2,1-3H3. The van der Waals surface area contributed by atoms with Gasteiger partial charge in [-0.3, -0.25) is 4.79 Å². The van der Waals surface area contributed by atoms with Crippen LogP contribution in [-0.4, -0.2) is 12.4 Å². The Morgan fingerprint density at radius 1 is 1.13 bits per heavy atom. The number of hydrogen-bond acceptors (Lipinski definition) is 3. The van der Waals surface area contributed by atoms with Gasteiger partial charge >= 0.3 is 0 Å². The monoisotopic (exact) mass is 307 g/mol. The summed E-state index contributed by atoms with van der Waals surface area (Å²) in [5, 5.41) is 9.32. The van der Waals surface area contributed by atoms with E-state index in [0.717, 1.165) is 11.1 Å². The molecule has 2 aromatic carbocycles. The maximum Gasteiger partial charge on any atom is 0.188 e. The number of carbonyl (C=O) groups is 1. The number of ketones is 1. The maximum atomic E-state index is 12.0. The summed E-state index contributed by atoms with van der Waals surface area (Å²) in [5.74, 6) is -0.0441. The molecule has 3 nitrogen and oxygen atoms in total. The molecule has 0 aromatic heterocycles. The van der Waals surface area contributed by atoms with Gasteiger partial charge in [-0.15, -0.1) is 0 Å². The van der Waals surface area contributed by atoms with Crippen LogP contribution in [0.15, 0.2) is 48.5 Å². The Balaban J connectivity index is 1.99. The van der Waals surface area contributed by atoms with Crippen LogP contribution in [0.4, 0.5) is 0 Å². The number of nitriles is 1. The molecule has 0 heterocycles. The number of ether oxygens (including phenoxy) is 1. The smallest absolute Gasteiger partial charge is 0.188 e. The van der Waals surface area contributed by atoms with Crippen molar-refractivity contribution in [1.82, 2.24) is 0 Å². The molecule has 0 aliphatic carbocycles. The van der Waals surface area contributed by atoms with Gasteiger partial charge in [0.05, 0.1) is 18.2 Å². The number of Topliss-reactive ketones (excluding diaryl/α,β-unsaturated/α-hetero) is 1. The van der Waals surface area contributed by atoms with E-state index in [4.69, 9.17) is 4.74 Å². The summed E-state index contributed by atoms with van der Waals surface area (Å²) in [6.45, 7) is 6.60. The molecule has 0 saturated heterocycles. The maximum absolute atomic E-state index is 12.0. The van der Waals surface area contributed by atoms with Crippen LogP contribution in [0.25, 0.3) is 0 Å². The first-order valence-electron chi connectivity index (χ1n) is 7.61. The number of carbonyl (C=O) groups excluding carboxylic acids is 1. The predicted octanol–water partition coefficient (Wildman–Crippen LogP) is 4.26. The number of hydrogen-bond donors (Lipinski definition) is 0. The molecule has 0 radical (unpaired) electrons. The first kappa shape index (κ1) is 16.9. The van der Waals surface area contributed by atoms with E-state index in [2.05, 4.69) is 26.8 Å². The Bertz CT molecular complexity index is 722. The van der Waals surface area contributed by atoms with Crippen molar-refractivity contribution in [3.05, 3.63) is 70.8 Å². The SMILES string of the molecule is CC(C)(C)c1ccc(COCC(=O)c2ccccc2)cc1C#N. The number of nitrogens with zero attached hydrogens (tertiary/aromatic N) is 1. The van der Waals surface area contributed by atoms with Crippen molar-refractivity contribution in [3.63, 3.8) is 0 Å². The Kier molecular flexibility index (Phi) is 5.31. The molecule has 0 amide bonds. The third-order valence-electron chi connectivity index (χ3n) is 3.61. The van der Waals surface area contributed by atoms with Crippen molar-refractivity contribution in [2.75, 3.05) is 6.61 Å². The second-order valence-electron chi connectivity index (χ2n) is 6.52. The molecule has 0 fully saturated rings. The highest BCUT2D eigenvalue weighted by molar-refractivity contribution is 5.96. The van der Waals surface area contributed by atoms with Gasteiger partial charge in [0.1, 0.15) is 6.61 Å². The third-order valence-corrected chi connectivity index (χ3v) is 3.61. The minimum absolute atomic E-state index is 0.0346. The van der Waals surface area contributed by atoms with Gasteiger partial charge in [-0.25, -0.2) is 0 Å². The largest absolute Gasteiger partial charge is 0.369 e. The van der Waals surface area contributed by atoms with Crippen LogP contribution < -0.4 is 0 Å². The van der Waals surface area contributed by atoms with E-state index in [1.165, 1.54) is 0 Å². The summed E-state index contributed by atoms with van der Waals surface area (Å²) in [4.78, 5) is 12.0. The highest BCUT2D eigenvalue weighted by Gasteiger charge is 2.18. The van der Waals surface area contributed by atoms with Crippen molar-refractivity contribution in [2.45, 2.75) is 32.8 Å². The summed E-state index contributed by atoms with van der Waals surface area (Å²) < 4.78 is 5.50. The van der Waals surface area contributed by atoms with E-state index in [0.29, 0.717) is 17.7 Å². The highest BCUT2D eigenvalue weighted by atomic mass is 16.5. The molecule has 0 saturated carbocycles. The third kappa shape index (κ3) is 4.51. The van der Waals surface area contributed by atoms with Gasteiger partial charge in [-0.2, -0.15) is 5.26 Å². The quantitative estimate of drug-likeness (QED) is 0.776. The molecule has 3 heteroatoms. The fraction of sp³-hybridized carbons (Fsp3) is 0.300. The van der Waals surface area contributed by atoms with Crippen molar-refractivity contribution >= 4 is 5.78 Å². The van der Waals surface area contributed by atoms with E-state index in [1.54, 1.807) is 12.1 Å². The van der Waals surface area contributed by atoms with Crippen LogP contribution in [0.5, 0.6) is 0 Å². The Morgan fingerprint density at radius 2 is 1.83 bits per heavy atom. The molecule has 23 heavy (non-hydrogen) atoms. The summed E-state index contributed by atoms with van der Waals surface area (Å²) in [5.41, 5.74) is 3.15. The summed E-state index contributed by atoms with van der Waals surface area (Å²) in [7, 11) is 0. The highest BCUT2D eigenvalue weighted by Crippen LogP contribution is 2.26. The predicted molar refractivity (Wildman–Crippen MR) is 90.3 cm³/mol. The van der Waals surface area contributed by atoms with Crippen molar-refractivity contribution in [3.8, 4) is 6.07 Å². The normalized spacial score (nSPS) is 11.0. The molecule has 0 aliphatic heterocycles. The average molecular weight is 307 g/mol. The van der Waals surface area contributed by atoms with Gasteiger partial charge in [-0.05, 0) is 22.6 Å². The van der Waals surface area contributed by atoms with Gasteiger partial charge in [0.25, 0.3) is 0 Å². The lowest BCUT2D eigenvalue weighted by Gasteiger charge is -2.21. The molecule has 0 aliphatic rings. The molecule has 0 atom stereocenters. The zero-order valence-corrected chi connectivity index (χ0v) is 13.8. The Morgan fingerprint density at radius 3 is 2.43 bits per heavy atom. The zero-order chi connectivity index (χ0) is 16.9. The molecule has 2 rings (SSSR count). The topological polar surface area (TPSA) is 50.1 Å². The van der Waals surface area contributed by atoms with Gasteiger partial charge in [0.2, 0.25) is 0 Å². The average Bonchev–Trinajstić information content (AvgIpc) is 2.54. The molecule has 0 N–H and O–H groups in total. The van der Waals surface area contributed by atoms with Crippen LogP contribution in [0, 0.1) is 11.3 Å². The van der Waals surface area contributed by atoms with Gasteiger partial charge < -0.3 is 4.74 Å². The molecular formula is C20H21NO2. The fourth-order valence-corrected chi connectivity index (χ4v) is 2.40. The summed E-state index contributed by atoms with van der Waals surface area (Å²) in [6.07, 6.45) is 0. The van der Waals surface area contributed by atoms with Crippen LogP contribution >= 0.6 is 0 Å². The van der Waals surface area contributed by atoms with E-state index in [-0.39, 0.29) is 17.8 Å². The van der Waals surface area contributed by atoms with Crippen LogP contribution in [-0.2, 0) is 16.8 Å². The van der Waals surface area contributed by atoms with Crippen molar-refractivity contribution in [2.24, 2.45) is 0 Å². The van der Waals surface area contributed by atoms with Gasteiger partial charge in [-0.1, -0.05) is 63.2 Å². The molecular weight excluding hydrogens is 286 g/mol. The molecule has 0 unspecified atom stereocenters. The number of benzene rings is 2. The van der Waals surface area contributed by atoms with Crippen LogP contribution in [0.3, 0.4) is 0 Å². The van der Waals surface area contributed by atoms with Gasteiger partial charge in [0.15, 0.2) is 5.78 Å². The summed E-state index contributed by atoms with van der Waals surface area (Å²) >= 11 is 0.